The van der Waals surface area contributed by atoms with Crippen molar-refractivity contribution in [2.24, 2.45) is 5.92 Å². The van der Waals surface area contributed by atoms with E-state index in [4.69, 9.17) is 5.11 Å². The Hall–Kier alpha value is -2.17. The van der Waals surface area contributed by atoms with Gasteiger partial charge in [0.1, 0.15) is 0 Å². The zero-order chi connectivity index (χ0) is 14.3. The summed E-state index contributed by atoms with van der Waals surface area (Å²) < 4.78 is 0. The molecule has 0 saturated heterocycles. The standard InChI is InChI=1S/C14H15NO4/c1-7-4-5-10-11(6-7)13(17)15(12(10)16)9(3)8(2)14(18)19/h4-6,8-9H,1-3H3,(H,18,19). The quantitative estimate of drug-likeness (QED) is 0.840. The Morgan fingerprint density at radius 2 is 1.74 bits per heavy atom. The van der Waals surface area contributed by atoms with E-state index in [1.165, 1.54) is 6.92 Å². The number of aliphatic carboxylic acids is 1. The molecule has 0 saturated carbocycles. The lowest BCUT2D eigenvalue weighted by atomic mass is 10.0. The third-order valence-electron chi connectivity index (χ3n) is 3.59. The van der Waals surface area contributed by atoms with Gasteiger partial charge in [-0.15, -0.1) is 0 Å². The molecule has 2 amide bonds. The van der Waals surface area contributed by atoms with Gasteiger partial charge in [0.15, 0.2) is 0 Å². The van der Waals surface area contributed by atoms with Crippen LogP contribution in [0.5, 0.6) is 0 Å². The van der Waals surface area contributed by atoms with Crippen LogP contribution in [0.2, 0.25) is 0 Å². The number of rotatable bonds is 3. The Morgan fingerprint density at radius 1 is 1.16 bits per heavy atom. The molecule has 0 fully saturated rings. The average molecular weight is 261 g/mol. The molecule has 0 aliphatic carbocycles. The molecule has 1 aliphatic heterocycles. The van der Waals surface area contributed by atoms with E-state index in [0.717, 1.165) is 10.5 Å². The molecule has 0 radical (unpaired) electrons. The lowest BCUT2D eigenvalue weighted by Gasteiger charge is -2.25. The number of amides is 2. The molecule has 1 aromatic rings. The van der Waals surface area contributed by atoms with Crippen molar-refractivity contribution < 1.29 is 19.5 Å². The van der Waals surface area contributed by atoms with Gasteiger partial charge in [-0.1, -0.05) is 11.6 Å². The SMILES string of the molecule is Cc1ccc2c(c1)C(=O)N(C(C)C(C)C(=O)O)C2=O. The minimum absolute atomic E-state index is 0.347. The van der Waals surface area contributed by atoms with Crippen molar-refractivity contribution in [3.8, 4) is 0 Å². The average Bonchev–Trinajstić information content (AvgIpc) is 2.59. The number of aryl methyl sites for hydroxylation is 1. The molecule has 2 atom stereocenters. The Labute approximate surface area is 110 Å². The molecule has 1 aliphatic rings. The number of fused-ring (bicyclic) bond motifs is 1. The Morgan fingerprint density at radius 3 is 2.32 bits per heavy atom. The minimum atomic E-state index is -1.03. The molecule has 2 rings (SSSR count). The lowest BCUT2D eigenvalue weighted by molar-refractivity contribution is -0.142. The summed E-state index contributed by atoms with van der Waals surface area (Å²) in [5, 5.41) is 9.00. The van der Waals surface area contributed by atoms with Crippen LogP contribution in [0.15, 0.2) is 18.2 Å². The largest absolute Gasteiger partial charge is 0.481 e. The van der Waals surface area contributed by atoms with Crippen LogP contribution in [0, 0.1) is 12.8 Å². The highest BCUT2D eigenvalue weighted by molar-refractivity contribution is 6.21. The van der Waals surface area contributed by atoms with E-state index in [2.05, 4.69) is 0 Å². The summed E-state index contributed by atoms with van der Waals surface area (Å²) in [7, 11) is 0. The summed E-state index contributed by atoms with van der Waals surface area (Å²) in [5.41, 5.74) is 1.59. The van der Waals surface area contributed by atoms with Crippen LogP contribution in [0.25, 0.3) is 0 Å². The number of carbonyl (C=O) groups is 3. The Bertz CT molecular complexity index is 579. The first-order valence-corrected chi connectivity index (χ1v) is 6.06. The van der Waals surface area contributed by atoms with E-state index in [1.807, 2.05) is 6.92 Å². The predicted octanol–water partition coefficient (Wildman–Crippen LogP) is 1.70. The molecular weight excluding hydrogens is 246 g/mol. The summed E-state index contributed by atoms with van der Waals surface area (Å²) in [6.07, 6.45) is 0. The molecule has 0 spiro atoms. The summed E-state index contributed by atoms with van der Waals surface area (Å²) in [4.78, 5) is 36.5. The van der Waals surface area contributed by atoms with Crippen molar-refractivity contribution in [3.63, 3.8) is 0 Å². The maximum absolute atomic E-state index is 12.2. The number of imide groups is 1. The van der Waals surface area contributed by atoms with Crippen LogP contribution >= 0.6 is 0 Å². The van der Waals surface area contributed by atoms with Gasteiger partial charge in [-0.3, -0.25) is 19.3 Å². The Kier molecular flexibility index (Phi) is 3.14. The normalized spacial score (nSPS) is 17.3. The van der Waals surface area contributed by atoms with Crippen molar-refractivity contribution >= 4 is 17.8 Å². The zero-order valence-electron chi connectivity index (χ0n) is 11.0. The summed E-state index contributed by atoms with van der Waals surface area (Å²) in [6.45, 7) is 4.90. The third-order valence-corrected chi connectivity index (χ3v) is 3.59. The lowest BCUT2D eigenvalue weighted by Crippen LogP contribution is -2.43. The fraction of sp³-hybridized carbons (Fsp3) is 0.357. The second kappa shape index (κ2) is 4.50. The summed E-state index contributed by atoms with van der Waals surface area (Å²) in [5.74, 6) is -2.66. The van der Waals surface area contributed by atoms with E-state index in [9.17, 15) is 14.4 Å². The van der Waals surface area contributed by atoms with Gasteiger partial charge >= 0.3 is 5.97 Å². The Balaban J connectivity index is 2.40. The van der Waals surface area contributed by atoms with Gasteiger partial charge in [0.2, 0.25) is 0 Å². The van der Waals surface area contributed by atoms with Crippen molar-refractivity contribution in [1.29, 1.82) is 0 Å². The fourth-order valence-electron chi connectivity index (χ4n) is 2.17. The highest BCUT2D eigenvalue weighted by Crippen LogP contribution is 2.27. The highest BCUT2D eigenvalue weighted by atomic mass is 16.4. The highest BCUT2D eigenvalue weighted by Gasteiger charge is 2.41. The molecule has 19 heavy (non-hydrogen) atoms. The van der Waals surface area contributed by atoms with E-state index in [-0.39, 0.29) is 0 Å². The monoisotopic (exact) mass is 261 g/mol. The second-order valence-electron chi connectivity index (χ2n) is 4.90. The summed E-state index contributed by atoms with van der Waals surface area (Å²) in [6, 6.07) is 4.36. The van der Waals surface area contributed by atoms with E-state index in [0.29, 0.717) is 11.1 Å². The molecule has 5 heteroatoms. The first kappa shape index (κ1) is 13.3. The number of nitrogens with zero attached hydrogens (tertiary/aromatic N) is 1. The number of benzene rings is 1. The molecule has 1 aromatic carbocycles. The molecule has 5 nitrogen and oxygen atoms in total. The fourth-order valence-corrected chi connectivity index (χ4v) is 2.17. The first-order valence-electron chi connectivity index (χ1n) is 6.06. The predicted molar refractivity (Wildman–Crippen MR) is 67.9 cm³/mol. The van der Waals surface area contributed by atoms with Gasteiger partial charge in [-0.25, -0.2) is 0 Å². The molecule has 0 bridgehead atoms. The van der Waals surface area contributed by atoms with Crippen molar-refractivity contribution in [1.82, 2.24) is 4.90 Å². The number of hydrogen-bond donors (Lipinski definition) is 1. The van der Waals surface area contributed by atoms with Gasteiger partial charge in [0.05, 0.1) is 23.1 Å². The van der Waals surface area contributed by atoms with Crippen LogP contribution in [-0.2, 0) is 4.79 Å². The maximum Gasteiger partial charge on any atom is 0.308 e. The number of carboxylic acid groups (broad SMARTS) is 1. The topological polar surface area (TPSA) is 74.7 Å². The molecule has 0 aromatic heterocycles. The molecule has 2 unspecified atom stereocenters. The van der Waals surface area contributed by atoms with Gasteiger partial charge in [-0.2, -0.15) is 0 Å². The maximum atomic E-state index is 12.2. The number of carboxylic acids is 1. The second-order valence-corrected chi connectivity index (χ2v) is 4.90. The van der Waals surface area contributed by atoms with Gasteiger partial charge in [0, 0.05) is 0 Å². The van der Waals surface area contributed by atoms with Crippen LogP contribution in [-0.4, -0.2) is 33.8 Å². The van der Waals surface area contributed by atoms with E-state index in [1.54, 1.807) is 25.1 Å². The molecule has 1 heterocycles. The van der Waals surface area contributed by atoms with Crippen molar-refractivity contribution in [2.45, 2.75) is 26.8 Å². The van der Waals surface area contributed by atoms with Gasteiger partial charge in [0.25, 0.3) is 11.8 Å². The van der Waals surface area contributed by atoms with E-state index < -0.39 is 29.7 Å². The van der Waals surface area contributed by atoms with Crippen molar-refractivity contribution in [3.05, 3.63) is 34.9 Å². The van der Waals surface area contributed by atoms with Gasteiger partial charge < -0.3 is 5.11 Å². The van der Waals surface area contributed by atoms with Crippen molar-refractivity contribution in [2.75, 3.05) is 0 Å². The molecule has 1 N–H and O–H groups in total. The van der Waals surface area contributed by atoms with E-state index >= 15 is 0 Å². The minimum Gasteiger partial charge on any atom is -0.481 e. The van der Waals surface area contributed by atoms with Gasteiger partial charge in [-0.05, 0) is 32.9 Å². The van der Waals surface area contributed by atoms with Crippen LogP contribution < -0.4 is 0 Å². The molecule has 100 valence electrons. The first-order chi connectivity index (χ1) is 8.84. The van der Waals surface area contributed by atoms with Crippen LogP contribution in [0.3, 0.4) is 0 Å². The smallest absolute Gasteiger partial charge is 0.308 e. The van der Waals surface area contributed by atoms with Crippen LogP contribution in [0.1, 0.15) is 40.1 Å². The number of carbonyl (C=O) groups excluding carboxylic acids is 2. The zero-order valence-corrected chi connectivity index (χ0v) is 11.0. The molecular formula is C14H15NO4. The van der Waals surface area contributed by atoms with Crippen LogP contribution in [0.4, 0.5) is 0 Å². The third kappa shape index (κ3) is 2.01. The summed E-state index contributed by atoms with van der Waals surface area (Å²) >= 11 is 0. The number of hydrogen-bond acceptors (Lipinski definition) is 3.